The summed E-state index contributed by atoms with van der Waals surface area (Å²) >= 11 is 0. The Morgan fingerprint density at radius 1 is 1.08 bits per heavy atom. The van der Waals surface area contributed by atoms with E-state index in [2.05, 4.69) is 11.9 Å². The summed E-state index contributed by atoms with van der Waals surface area (Å²) < 4.78 is 0. The van der Waals surface area contributed by atoms with Gasteiger partial charge >= 0.3 is 0 Å². The molecule has 2 aromatic carbocycles. The summed E-state index contributed by atoms with van der Waals surface area (Å²) in [7, 11) is 0. The Kier molecular flexibility index (Phi) is 4.23. The van der Waals surface area contributed by atoms with E-state index in [0.717, 1.165) is 16.0 Å². The lowest BCUT2D eigenvalue weighted by Gasteiger charge is -2.10. The maximum atomic E-state index is 12.5. The lowest BCUT2D eigenvalue weighted by atomic mass is 10.0. The summed E-state index contributed by atoms with van der Waals surface area (Å²) in [5, 5.41) is 2.84. The molecule has 0 spiro atoms. The normalized spacial score (nSPS) is 13.0. The SMILES string of the molecule is C=CCN1C(=O)c2ccc(C(=O)Nc3ccc(C)cc3C)cc2C1=O. The van der Waals surface area contributed by atoms with Crippen molar-refractivity contribution in [2.24, 2.45) is 0 Å². The van der Waals surface area contributed by atoms with Gasteiger partial charge in [0.15, 0.2) is 0 Å². The number of hydrogen-bond acceptors (Lipinski definition) is 3. The molecular formula is C20H18N2O3. The van der Waals surface area contributed by atoms with Gasteiger partial charge in [0.1, 0.15) is 0 Å². The Labute approximate surface area is 146 Å². The number of rotatable bonds is 4. The largest absolute Gasteiger partial charge is 0.322 e. The fraction of sp³-hybridized carbons (Fsp3) is 0.150. The highest BCUT2D eigenvalue weighted by Gasteiger charge is 2.35. The molecule has 0 saturated heterocycles. The molecule has 1 aliphatic rings. The Hall–Kier alpha value is -3.21. The Balaban J connectivity index is 1.88. The van der Waals surface area contributed by atoms with E-state index in [0.29, 0.717) is 16.8 Å². The van der Waals surface area contributed by atoms with Crippen molar-refractivity contribution in [2.75, 3.05) is 11.9 Å². The zero-order valence-corrected chi connectivity index (χ0v) is 14.1. The van der Waals surface area contributed by atoms with Gasteiger partial charge in [0.05, 0.1) is 11.1 Å². The maximum absolute atomic E-state index is 12.5. The first-order chi connectivity index (χ1) is 11.9. The van der Waals surface area contributed by atoms with E-state index < -0.39 is 5.91 Å². The smallest absolute Gasteiger partial charge is 0.261 e. The number of nitrogens with one attached hydrogen (secondary N) is 1. The number of benzene rings is 2. The second-order valence-corrected chi connectivity index (χ2v) is 6.04. The monoisotopic (exact) mass is 334 g/mol. The van der Waals surface area contributed by atoms with Crippen LogP contribution in [-0.4, -0.2) is 29.2 Å². The first-order valence-electron chi connectivity index (χ1n) is 7.92. The minimum atomic E-state index is -0.402. The summed E-state index contributed by atoms with van der Waals surface area (Å²) in [5.41, 5.74) is 3.68. The first-order valence-corrected chi connectivity index (χ1v) is 7.92. The van der Waals surface area contributed by atoms with E-state index in [4.69, 9.17) is 0 Å². The summed E-state index contributed by atoms with van der Waals surface area (Å²) in [6.45, 7) is 7.60. The number of aryl methyl sites for hydroxylation is 2. The average Bonchev–Trinajstić information content (AvgIpc) is 2.82. The highest BCUT2D eigenvalue weighted by molar-refractivity contribution is 6.22. The van der Waals surface area contributed by atoms with Crippen LogP contribution >= 0.6 is 0 Å². The molecule has 0 saturated carbocycles. The maximum Gasteiger partial charge on any atom is 0.261 e. The van der Waals surface area contributed by atoms with Crippen LogP contribution in [0.25, 0.3) is 0 Å². The second-order valence-electron chi connectivity index (χ2n) is 6.04. The Morgan fingerprint density at radius 3 is 2.48 bits per heavy atom. The third-order valence-corrected chi connectivity index (χ3v) is 4.17. The van der Waals surface area contributed by atoms with Crippen LogP contribution < -0.4 is 5.32 Å². The predicted molar refractivity (Wildman–Crippen MR) is 95.9 cm³/mol. The predicted octanol–water partition coefficient (Wildman–Crippen LogP) is 3.34. The van der Waals surface area contributed by atoms with Crippen LogP contribution in [-0.2, 0) is 0 Å². The Bertz CT molecular complexity index is 915. The minimum Gasteiger partial charge on any atom is -0.322 e. The van der Waals surface area contributed by atoms with E-state index in [9.17, 15) is 14.4 Å². The summed E-state index contributed by atoms with van der Waals surface area (Å²) in [4.78, 5) is 38.2. The van der Waals surface area contributed by atoms with Crippen molar-refractivity contribution in [3.05, 3.63) is 76.9 Å². The lowest BCUT2D eigenvalue weighted by Crippen LogP contribution is -2.29. The van der Waals surface area contributed by atoms with Gasteiger partial charge in [-0.1, -0.05) is 23.8 Å². The van der Waals surface area contributed by atoms with Crippen molar-refractivity contribution in [3.8, 4) is 0 Å². The number of carbonyl (C=O) groups is 3. The van der Waals surface area contributed by atoms with E-state index in [1.54, 1.807) is 6.07 Å². The third kappa shape index (κ3) is 2.96. The fourth-order valence-corrected chi connectivity index (χ4v) is 2.88. The summed E-state index contributed by atoms with van der Waals surface area (Å²) in [6.07, 6.45) is 1.50. The van der Waals surface area contributed by atoms with E-state index in [1.165, 1.54) is 18.2 Å². The third-order valence-electron chi connectivity index (χ3n) is 4.17. The van der Waals surface area contributed by atoms with Crippen LogP contribution in [0, 0.1) is 13.8 Å². The van der Waals surface area contributed by atoms with Gasteiger partial charge in [-0.15, -0.1) is 6.58 Å². The molecule has 0 bridgehead atoms. The van der Waals surface area contributed by atoms with Crippen LogP contribution in [0.4, 0.5) is 5.69 Å². The van der Waals surface area contributed by atoms with Crippen molar-refractivity contribution in [3.63, 3.8) is 0 Å². The van der Waals surface area contributed by atoms with Gasteiger partial charge in [0.2, 0.25) is 0 Å². The van der Waals surface area contributed by atoms with Crippen LogP contribution in [0.5, 0.6) is 0 Å². The second kappa shape index (κ2) is 6.36. The van der Waals surface area contributed by atoms with E-state index in [-0.39, 0.29) is 23.9 Å². The van der Waals surface area contributed by atoms with Gasteiger partial charge in [-0.05, 0) is 43.7 Å². The van der Waals surface area contributed by atoms with Crippen molar-refractivity contribution >= 4 is 23.4 Å². The van der Waals surface area contributed by atoms with Crippen LogP contribution in [0.2, 0.25) is 0 Å². The number of anilines is 1. The number of carbonyl (C=O) groups excluding carboxylic acids is 3. The molecule has 2 aromatic rings. The molecule has 5 nitrogen and oxygen atoms in total. The van der Waals surface area contributed by atoms with E-state index in [1.807, 2.05) is 32.0 Å². The fourth-order valence-electron chi connectivity index (χ4n) is 2.88. The van der Waals surface area contributed by atoms with Crippen LogP contribution in [0.15, 0.2) is 49.1 Å². The highest BCUT2D eigenvalue weighted by Crippen LogP contribution is 2.25. The molecule has 3 rings (SSSR count). The standard InChI is InChI=1S/C20H18N2O3/c1-4-9-22-19(24)15-7-6-14(11-16(15)20(22)25)18(23)21-17-8-5-12(2)10-13(17)3/h4-8,10-11H,1,9H2,2-3H3,(H,21,23). The van der Waals surface area contributed by atoms with E-state index >= 15 is 0 Å². The molecule has 25 heavy (non-hydrogen) atoms. The molecule has 0 radical (unpaired) electrons. The molecule has 5 heteroatoms. The van der Waals surface area contributed by atoms with Crippen molar-refractivity contribution in [1.82, 2.24) is 4.90 Å². The zero-order chi connectivity index (χ0) is 18.1. The van der Waals surface area contributed by atoms with Gasteiger partial charge in [-0.25, -0.2) is 0 Å². The van der Waals surface area contributed by atoms with Gasteiger partial charge in [0, 0.05) is 17.8 Å². The Morgan fingerprint density at radius 2 is 1.80 bits per heavy atom. The van der Waals surface area contributed by atoms with Crippen LogP contribution in [0.1, 0.15) is 42.2 Å². The van der Waals surface area contributed by atoms with Gasteiger partial charge in [0.25, 0.3) is 17.7 Å². The quantitative estimate of drug-likeness (QED) is 0.689. The number of nitrogens with zero attached hydrogens (tertiary/aromatic N) is 1. The van der Waals surface area contributed by atoms with Crippen molar-refractivity contribution in [1.29, 1.82) is 0 Å². The molecule has 0 aromatic heterocycles. The minimum absolute atomic E-state index is 0.149. The molecule has 126 valence electrons. The molecule has 0 aliphatic carbocycles. The topological polar surface area (TPSA) is 66.5 Å². The van der Waals surface area contributed by atoms with Gasteiger partial charge in [-0.3, -0.25) is 19.3 Å². The molecule has 1 N–H and O–H groups in total. The number of amides is 3. The molecule has 0 fully saturated rings. The number of hydrogen-bond donors (Lipinski definition) is 1. The molecule has 1 heterocycles. The lowest BCUT2D eigenvalue weighted by molar-refractivity contribution is 0.0672. The summed E-state index contributed by atoms with van der Waals surface area (Å²) in [6, 6.07) is 10.3. The molecule has 0 atom stereocenters. The van der Waals surface area contributed by atoms with Gasteiger partial charge in [-0.2, -0.15) is 0 Å². The number of fused-ring (bicyclic) bond motifs is 1. The summed E-state index contributed by atoms with van der Waals surface area (Å²) in [5.74, 6) is -1.08. The average molecular weight is 334 g/mol. The van der Waals surface area contributed by atoms with Crippen molar-refractivity contribution < 1.29 is 14.4 Å². The first kappa shape index (κ1) is 16.6. The van der Waals surface area contributed by atoms with Crippen molar-refractivity contribution in [2.45, 2.75) is 13.8 Å². The van der Waals surface area contributed by atoms with Crippen LogP contribution in [0.3, 0.4) is 0 Å². The van der Waals surface area contributed by atoms with Gasteiger partial charge < -0.3 is 5.32 Å². The number of imide groups is 1. The molecule has 3 amide bonds. The molecule has 0 unspecified atom stereocenters. The zero-order valence-electron chi connectivity index (χ0n) is 14.1. The highest BCUT2D eigenvalue weighted by atomic mass is 16.2. The molecular weight excluding hydrogens is 316 g/mol. The molecule has 1 aliphatic heterocycles.